The van der Waals surface area contributed by atoms with Gasteiger partial charge < -0.3 is 5.32 Å². The monoisotopic (exact) mass is 207 g/mol. The van der Waals surface area contributed by atoms with Gasteiger partial charge in [0, 0.05) is 6.54 Å². The van der Waals surface area contributed by atoms with Crippen LogP contribution >= 0.6 is 0 Å². The van der Waals surface area contributed by atoms with Gasteiger partial charge >= 0.3 is 0 Å². The van der Waals surface area contributed by atoms with Crippen LogP contribution in [0.3, 0.4) is 0 Å². The number of benzene rings is 1. The van der Waals surface area contributed by atoms with E-state index in [1.54, 1.807) is 6.07 Å². The molecule has 1 aromatic rings. The first-order valence-corrected chi connectivity index (χ1v) is 5.66. The molecular weight excluding hydrogens is 189 g/mol. The summed E-state index contributed by atoms with van der Waals surface area (Å²) < 4.78 is 13.6. The van der Waals surface area contributed by atoms with E-state index in [4.69, 9.17) is 0 Å². The summed E-state index contributed by atoms with van der Waals surface area (Å²) in [7, 11) is 1.96. The zero-order chi connectivity index (χ0) is 10.8. The lowest BCUT2D eigenvalue weighted by atomic mass is 9.76. The summed E-state index contributed by atoms with van der Waals surface area (Å²) in [5.41, 5.74) is 2.15. The van der Waals surface area contributed by atoms with Crippen LogP contribution in [0.15, 0.2) is 18.2 Å². The first-order valence-electron chi connectivity index (χ1n) is 5.66. The molecule has 0 aromatic heterocycles. The fourth-order valence-electron chi connectivity index (χ4n) is 2.60. The van der Waals surface area contributed by atoms with Crippen LogP contribution in [0.25, 0.3) is 0 Å². The van der Waals surface area contributed by atoms with E-state index < -0.39 is 0 Å². The van der Waals surface area contributed by atoms with Crippen LogP contribution < -0.4 is 5.32 Å². The zero-order valence-electron chi connectivity index (χ0n) is 9.39. The summed E-state index contributed by atoms with van der Waals surface area (Å²) in [6, 6.07) is 5.48. The molecule has 1 aliphatic rings. The molecule has 82 valence electrons. The Morgan fingerprint density at radius 3 is 3.00 bits per heavy atom. The average molecular weight is 207 g/mol. The minimum absolute atomic E-state index is 0.0273. The molecule has 2 rings (SSSR count). The number of fused-ring (bicyclic) bond motifs is 1. The Balaban J connectivity index is 2.39. The number of hydrogen-bond donors (Lipinski definition) is 1. The maximum atomic E-state index is 13.6. The van der Waals surface area contributed by atoms with E-state index in [0.717, 1.165) is 24.9 Å². The molecular formula is C13H18FN. The Labute approximate surface area is 90.7 Å². The van der Waals surface area contributed by atoms with Crippen molar-refractivity contribution >= 4 is 0 Å². The van der Waals surface area contributed by atoms with E-state index in [2.05, 4.69) is 18.3 Å². The molecule has 0 saturated carbocycles. The van der Waals surface area contributed by atoms with Crippen LogP contribution in [0.5, 0.6) is 0 Å². The Bertz CT molecular complexity index is 348. The lowest BCUT2D eigenvalue weighted by molar-refractivity contribution is 0.385. The van der Waals surface area contributed by atoms with Gasteiger partial charge in [0.25, 0.3) is 0 Å². The topological polar surface area (TPSA) is 12.0 Å². The second-order valence-corrected chi connectivity index (χ2v) is 4.49. The molecule has 0 amide bonds. The first kappa shape index (κ1) is 10.6. The van der Waals surface area contributed by atoms with Crippen LogP contribution in [0.1, 0.15) is 30.4 Å². The van der Waals surface area contributed by atoms with Gasteiger partial charge in [-0.3, -0.25) is 0 Å². The predicted octanol–water partition coefficient (Wildman–Crippen LogP) is 2.71. The molecule has 2 heteroatoms. The Kier molecular flexibility index (Phi) is 3.06. The molecule has 0 spiro atoms. The van der Waals surface area contributed by atoms with E-state index in [1.165, 1.54) is 5.56 Å². The van der Waals surface area contributed by atoms with Gasteiger partial charge in [-0.2, -0.15) is 0 Å². The number of nitrogens with one attached hydrogen (secondary N) is 1. The minimum atomic E-state index is -0.0273. The summed E-state index contributed by atoms with van der Waals surface area (Å²) in [5, 5.41) is 3.21. The average Bonchev–Trinajstić information content (AvgIpc) is 2.23. The zero-order valence-corrected chi connectivity index (χ0v) is 9.39. The van der Waals surface area contributed by atoms with Crippen LogP contribution in [-0.4, -0.2) is 13.6 Å². The molecule has 1 aliphatic carbocycles. The summed E-state index contributed by atoms with van der Waals surface area (Å²) in [4.78, 5) is 0. The van der Waals surface area contributed by atoms with Gasteiger partial charge in [-0.05, 0) is 48.9 Å². The molecule has 0 heterocycles. The van der Waals surface area contributed by atoms with Crippen molar-refractivity contribution in [3.63, 3.8) is 0 Å². The minimum Gasteiger partial charge on any atom is -0.319 e. The Morgan fingerprint density at radius 2 is 2.27 bits per heavy atom. The molecule has 0 bridgehead atoms. The van der Waals surface area contributed by atoms with Gasteiger partial charge in [0.15, 0.2) is 0 Å². The normalized spacial score (nSPS) is 25.0. The second kappa shape index (κ2) is 4.31. The van der Waals surface area contributed by atoms with E-state index in [-0.39, 0.29) is 5.82 Å². The fraction of sp³-hybridized carbons (Fsp3) is 0.538. The second-order valence-electron chi connectivity index (χ2n) is 4.49. The Morgan fingerprint density at radius 1 is 1.47 bits per heavy atom. The van der Waals surface area contributed by atoms with Crippen molar-refractivity contribution in [1.82, 2.24) is 5.32 Å². The van der Waals surface area contributed by atoms with Crippen molar-refractivity contribution in [2.24, 2.45) is 5.92 Å². The fourth-order valence-corrected chi connectivity index (χ4v) is 2.60. The molecule has 0 aliphatic heterocycles. The first-order chi connectivity index (χ1) is 7.24. The van der Waals surface area contributed by atoms with Crippen LogP contribution in [0, 0.1) is 11.7 Å². The molecule has 1 N–H and O–H groups in total. The Hall–Kier alpha value is -0.890. The highest BCUT2D eigenvalue weighted by Gasteiger charge is 2.27. The van der Waals surface area contributed by atoms with Gasteiger partial charge in [-0.1, -0.05) is 19.1 Å². The third kappa shape index (κ3) is 1.91. The van der Waals surface area contributed by atoms with E-state index >= 15 is 0 Å². The third-order valence-corrected chi connectivity index (χ3v) is 3.52. The highest BCUT2D eigenvalue weighted by molar-refractivity contribution is 5.34. The summed E-state index contributed by atoms with van der Waals surface area (Å²) >= 11 is 0. The van der Waals surface area contributed by atoms with Gasteiger partial charge in [-0.25, -0.2) is 4.39 Å². The molecule has 0 radical (unpaired) electrons. The molecule has 1 nitrogen and oxygen atoms in total. The molecule has 0 saturated heterocycles. The maximum absolute atomic E-state index is 13.6. The van der Waals surface area contributed by atoms with E-state index in [1.807, 2.05) is 13.1 Å². The SMILES string of the molecule is CNCC1c2cccc(F)c2CCC1C. The van der Waals surface area contributed by atoms with Crippen LogP contribution in [0.2, 0.25) is 0 Å². The lowest BCUT2D eigenvalue weighted by Gasteiger charge is -2.31. The smallest absolute Gasteiger partial charge is 0.126 e. The number of likely N-dealkylation sites (N-methyl/N-ethyl adjacent to an activating group) is 1. The number of hydrogen-bond acceptors (Lipinski definition) is 1. The van der Waals surface area contributed by atoms with Crippen LogP contribution in [0.4, 0.5) is 4.39 Å². The van der Waals surface area contributed by atoms with Gasteiger partial charge in [0.2, 0.25) is 0 Å². The van der Waals surface area contributed by atoms with Crippen LogP contribution in [-0.2, 0) is 6.42 Å². The number of rotatable bonds is 2. The summed E-state index contributed by atoms with van der Waals surface area (Å²) in [6.07, 6.45) is 1.99. The largest absolute Gasteiger partial charge is 0.319 e. The number of halogens is 1. The van der Waals surface area contributed by atoms with E-state index in [0.29, 0.717) is 11.8 Å². The van der Waals surface area contributed by atoms with Crippen molar-refractivity contribution in [1.29, 1.82) is 0 Å². The molecule has 1 aromatic carbocycles. The van der Waals surface area contributed by atoms with Gasteiger partial charge in [0.1, 0.15) is 5.82 Å². The third-order valence-electron chi connectivity index (χ3n) is 3.52. The van der Waals surface area contributed by atoms with Crippen molar-refractivity contribution in [3.8, 4) is 0 Å². The summed E-state index contributed by atoms with van der Waals surface area (Å²) in [6.45, 7) is 3.20. The molecule has 15 heavy (non-hydrogen) atoms. The molecule has 2 atom stereocenters. The van der Waals surface area contributed by atoms with Gasteiger partial charge in [0.05, 0.1) is 0 Å². The van der Waals surface area contributed by atoms with Crippen molar-refractivity contribution in [2.75, 3.05) is 13.6 Å². The lowest BCUT2D eigenvalue weighted by Crippen LogP contribution is -2.27. The van der Waals surface area contributed by atoms with Crippen molar-refractivity contribution in [2.45, 2.75) is 25.7 Å². The molecule has 0 fully saturated rings. The quantitative estimate of drug-likeness (QED) is 0.786. The van der Waals surface area contributed by atoms with Crippen molar-refractivity contribution < 1.29 is 4.39 Å². The van der Waals surface area contributed by atoms with Crippen molar-refractivity contribution in [3.05, 3.63) is 35.1 Å². The van der Waals surface area contributed by atoms with E-state index in [9.17, 15) is 4.39 Å². The highest BCUT2D eigenvalue weighted by atomic mass is 19.1. The maximum Gasteiger partial charge on any atom is 0.126 e. The summed E-state index contributed by atoms with van der Waals surface area (Å²) in [5.74, 6) is 1.08. The van der Waals surface area contributed by atoms with Gasteiger partial charge in [-0.15, -0.1) is 0 Å². The highest BCUT2D eigenvalue weighted by Crippen LogP contribution is 2.36. The predicted molar refractivity (Wildman–Crippen MR) is 60.6 cm³/mol. The standard InChI is InChI=1S/C13H18FN/c1-9-6-7-11-10(12(9)8-15-2)4-3-5-13(11)14/h3-5,9,12,15H,6-8H2,1-2H3. The molecule has 2 unspecified atom stereocenters.